The van der Waals surface area contributed by atoms with Crippen molar-refractivity contribution in [3.8, 4) is 11.1 Å². The molecule has 1 aliphatic rings. The zero-order valence-corrected chi connectivity index (χ0v) is 15.5. The predicted octanol–water partition coefficient (Wildman–Crippen LogP) is 2.98. The molecule has 0 unspecified atom stereocenters. The van der Waals surface area contributed by atoms with E-state index in [4.69, 9.17) is 4.74 Å². The summed E-state index contributed by atoms with van der Waals surface area (Å²) in [6.45, 7) is 7.58. The number of nitrogens with one attached hydrogen (secondary N) is 1. The zero-order chi connectivity index (χ0) is 18.6. The molecule has 3 heterocycles. The fourth-order valence-electron chi connectivity index (χ4n) is 3.39. The number of halogens is 1. The normalized spacial score (nSPS) is 15.3. The molecular formula is C20H24FN5O. The molecule has 142 valence electrons. The number of nitrogens with zero attached hydrogens (tertiary/aromatic N) is 4. The van der Waals surface area contributed by atoms with Crippen LogP contribution in [-0.4, -0.2) is 58.9 Å². The number of hydrogen-bond acceptors (Lipinski definition) is 5. The van der Waals surface area contributed by atoms with Gasteiger partial charge < -0.3 is 10.1 Å². The quantitative estimate of drug-likeness (QED) is 0.677. The monoisotopic (exact) mass is 369 g/mol. The van der Waals surface area contributed by atoms with Gasteiger partial charge in [-0.05, 0) is 37.6 Å². The number of hydrogen-bond donors (Lipinski definition) is 1. The number of anilines is 1. The summed E-state index contributed by atoms with van der Waals surface area (Å²) in [4.78, 5) is 7.07. The molecular weight excluding hydrogens is 345 g/mol. The maximum absolute atomic E-state index is 13.2. The third kappa shape index (κ3) is 4.09. The SMILES string of the molecule is Cc1cc(NCCCN2CCOCC2)n2ncc(-c3ccc(F)cc3)c2n1. The lowest BCUT2D eigenvalue weighted by molar-refractivity contribution is 0.0378. The van der Waals surface area contributed by atoms with Crippen molar-refractivity contribution in [3.05, 3.63) is 48.0 Å². The topological polar surface area (TPSA) is 54.7 Å². The van der Waals surface area contributed by atoms with Crippen LogP contribution in [0.15, 0.2) is 36.5 Å². The van der Waals surface area contributed by atoms with Gasteiger partial charge in [0.15, 0.2) is 5.65 Å². The molecule has 1 N–H and O–H groups in total. The lowest BCUT2D eigenvalue weighted by Gasteiger charge is -2.26. The maximum atomic E-state index is 13.2. The molecule has 1 saturated heterocycles. The summed E-state index contributed by atoms with van der Waals surface area (Å²) >= 11 is 0. The second-order valence-corrected chi connectivity index (χ2v) is 6.82. The number of fused-ring (bicyclic) bond motifs is 1. The Morgan fingerprint density at radius 1 is 1.19 bits per heavy atom. The second-order valence-electron chi connectivity index (χ2n) is 6.82. The van der Waals surface area contributed by atoms with Gasteiger partial charge in [-0.1, -0.05) is 12.1 Å². The Hall–Kier alpha value is -2.51. The van der Waals surface area contributed by atoms with Gasteiger partial charge in [-0.15, -0.1) is 0 Å². The largest absolute Gasteiger partial charge is 0.379 e. The third-order valence-corrected chi connectivity index (χ3v) is 4.82. The molecule has 0 radical (unpaired) electrons. The van der Waals surface area contributed by atoms with Crippen molar-refractivity contribution < 1.29 is 9.13 Å². The molecule has 6 nitrogen and oxygen atoms in total. The van der Waals surface area contributed by atoms with E-state index in [-0.39, 0.29) is 5.82 Å². The highest BCUT2D eigenvalue weighted by Gasteiger charge is 2.13. The van der Waals surface area contributed by atoms with E-state index in [2.05, 4.69) is 20.3 Å². The Morgan fingerprint density at radius 2 is 1.96 bits per heavy atom. The molecule has 1 fully saturated rings. The summed E-state index contributed by atoms with van der Waals surface area (Å²) in [6.07, 6.45) is 2.84. The first kappa shape index (κ1) is 17.9. The van der Waals surface area contributed by atoms with Gasteiger partial charge in [0.25, 0.3) is 0 Å². The standard InChI is InChI=1S/C20H24FN5O/c1-15-13-19(22-7-2-8-25-9-11-27-12-10-25)26-20(24-15)18(14-23-26)16-3-5-17(21)6-4-16/h3-6,13-14,22H,2,7-12H2,1H3. The molecule has 7 heteroatoms. The molecule has 4 rings (SSSR count). The molecule has 3 aromatic rings. The van der Waals surface area contributed by atoms with Crippen molar-refractivity contribution in [2.75, 3.05) is 44.7 Å². The minimum atomic E-state index is -0.248. The summed E-state index contributed by atoms with van der Waals surface area (Å²) in [5.74, 6) is 0.676. The number of ether oxygens (including phenoxy) is 1. The van der Waals surface area contributed by atoms with Crippen molar-refractivity contribution in [1.29, 1.82) is 0 Å². The molecule has 1 aromatic carbocycles. The highest BCUT2D eigenvalue weighted by molar-refractivity contribution is 5.78. The number of aryl methyl sites for hydroxylation is 1. The van der Waals surface area contributed by atoms with Crippen LogP contribution in [0.2, 0.25) is 0 Å². The Kier molecular flexibility index (Phi) is 5.31. The van der Waals surface area contributed by atoms with Crippen molar-refractivity contribution in [2.24, 2.45) is 0 Å². The van der Waals surface area contributed by atoms with E-state index < -0.39 is 0 Å². The van der Waals surface area contributed by atoms with Crippen LogP contribution >= 0.6 is 0 Å². The zero-order valence-electron chi connectivity index (χ0n) is 15.5. The highest BCUT2D eigenvalue weighted by Crippen LogP contribution is 2.26. The molecule has 0 amide bonds. The van der Waals surface area contributed by atoms with E-state index in [9.17, 15) is 4.39 Å². The first-order valence-corrected chi connectivity index (χ1v) is 9.36. The van der Waals surface area contributed by atoms with Crippen LogP contribution in [0.5, 0.6) is 0 Å². The van der Waals surface area contributed by atoms with Crippen LogP contribution in [0.4, 0.5) is 10.2 Å². The fraction of sp³-hybridized carbons (Fsp3) is 0.400. The minimum absolute atomic E-state index is 0.248. The van der Waals surface area contributed by atoms with E-state index in [1.807, 2.05) is 17.5 Å². The van der Waals surface area contributed by atoms with Gasteiger partial charge in [0.05, 0.1) is 19.4 Å². The van der Waals surface area contributed by atoms with Gasteiger partial charge in [-0.25, -0.2) is 9.37 Å². The van der Waals surface area contributed by atoms with Crippen molar-refractivity contribution in [1.82, 2.24) is 19.5 Å². The van der Waals surface area contributed by atoms with Crippen LogP contribution in [-0.2, 0) is 4.74 Å². The van der Waals surface area contributed by atoms with Crippen LogP contribution in [0, 0.1) is 12.7 Å². The van der Waals surface area contributed by atoms with Crippen LogP contribution < -0.4 is 5.32 Å². The first-order chi connectivity index (χ1) is 13.2. The molecule has 2 aromatic heterocycles. The first-order valence-electron chi connectivity index (χ1n) is 9.36. The minimum Gasteiger partial charge on any atom is -0.379 e. The number of morpholine rings is 1. The van der Waals surface area contributed by atoms with Gasteiger partial charge in [-0.3, -0.25) is 4.90 Å². The van der Waals surface area contributed by atoms with Gasteiger partial charge in [-0.2, -0.15) is 9.61 Å². The Balaban J connectivity index is 1.48. The highest BCUT2D eigenvalue weighted by atomic mass is 19.1. The average Bonchev–Trinajstić information content (AvgIpc) is 3.10. The van der Waals surface area contributed by atoms with Crippen LogP contribution in [0.1, 0.15) is 12.1 Å². The van der Waals surface area contributed by atoms with E-state index in [1.54, 1.807) is 18.3 Å². The number of rotatable bonds is 6. The Bertz CT molecular complexity index is 903. The van der Waals surface area contributed by atoms with Crippen LogP contribution in [0.3, 0.4) is 0 Å². The molecule has 0 spiro atoms. The van der Waals surface area contributed by atoms with Crippen molar-refractivity contribution >= 4 is 11.5 Å². The Morgan fingerprint density at radius 3 is 2.74 bits per heavy atom. The maximum Gasteiger partial charge on any atom is 0.165 e. The second kappa shape index (κ2) is 8.02. The van der Waals surface area contributed by atoms with Crippen LogP contribution in [0.25, 0.3) is 16.8 Å². The summed E-state index contributed by atoms with van der Waals surface area (Å²) < 4.78 is 20.4. The molecule has 0 bridgehead atoms. The Labute approximate surface area is 158 Å². The molecule has 0 atom stereocenters. The van der Waals surface area contributed by atoms with Crippen molar-refractivity contribution in [3.63, 3.8) is 0 Å². The van der Waals surface area contributed by atoms with Gasteiger partial charge in [0, 0.05) is 37.0 Å². The van der Waals surface area contributed by atoms with E-state index in [0.29, 0.717) is 0 Å². The fourth-order valence-corrected chi connectivity index (χ4v) is 3.39. The van der Waals surface area contributed by atoms with E-state index >= 15 is 0 Å². The molecule has 0 saturated carbocycles. The smallest absolute Gasteiger partial charge is 0.165 e. The molecule has 0 aliphatic carbocycles. The van der Waals surface area contributed by atoms with E-state index in [1.165, 1.54) is 12.1 Å². The van der Waals surface area contributed by atoms with Gasteiger partial charge >= 0.3 is 0 Å². The average molecular weight is 369 g/mol. The summed E-state index contributed by atoms with van der Waals surface area (Å²) in [5, 5.41) is 7.98. The molecule has 1 aliphatic heterocycles. The van der Waals surface area contributed by atoms with Gasteiger partial charge in [0.2, 0.25) is 0 Å². The number of benzene rings is 1. The summed E-state index contributed by atoms with van der Waals surface area (Å²) in [7, 11) is 0. The summed E-state index contributed by atoms with van der Waals surface area (Å²) in [5.41, 5.74) is 3.50. The third-order valence-electron chi connectivity index (χ3n) is 4.82. The summed E-state index contributed by atoms with van der Waals surface area (Å²) in [6, 6.07) is 8.43. The lowest BCUT2D eigenvalue weighted by atomic mass is 10.1. The predicted molar refractivity (Wildman–Crippen MR) is 103 cm³/mol. The molecule has 27 heavy (non-hydrogen) atoms. The number of aromatic nitrogens is 3. The van der Waals surface area contributed by atoms with E-state index in [0.717, 1.165) is 74.1 Å². The van der Waals surface area contributed by atoms with Gasteiger partial charge in [0.1, 0.15) is 11.6 Å². The lowest BCUT2D eigenvalue weighted by Crippen LogP contribution is -2.37. The van der Waals surface area contributed by atoms with Crippen molar-refractivity contribution in [2.45, 2.75) is 13.3 Å².